The smallest absolute Gasteiger partial charge is 0.228 e. The number of hydrogen-bond donors (Lipinski definition) is 0. The van der Waals surface area contributed by atoms with Crippen molar-refractivity contribution in [3.8, 4) is 5.75 Å². The Morgan fingerprint density at radius 2 is 1.81 bits per heavy atom. The topological polar surface area (TPSA) is 68.3 Å². The minimum absolute atomic E-state index is 0.00976. The number of hydrogen-bond acceptors (Lipinski definition) is 5. The molecule has 0 bridgehead atoms. The fraction of sp³-hybridized carbons (Fsp3) is 0.579. The summed E-state index contributed by atoms with van der Waals surface area (Å²) in [6, 6.07) is 7.35. The number of anilines is 1. The average molecular weight is 360 g/mol. The average Bonchev–Trinajstić information content (AvgIpc) is 3.29. The van der Waals surface area contributed by atoms with Gasteiger partial charge in [0.25, 0.3) is 0 Å². The van der Waals surface area contributed by atoms with Crippen LogP contribution in [0.1, 0.15) is 19.3 Å². The maximum atomic E-state index is 12.9. The molecule has 0 aliphatic carbocycles. The summed E-state index contributed by atoms with van der Waals surface area (Å²) in [5.74, 6) is 0.0135. The molecule has 4 rings (SSSR count). The predicted molar refractivity (Wildman–Crippen MR) is 93.9 cm³/mol. The van der Waals surface area contributed by atoms with Crippen LogP contribution >= 0.6 is 0 Å². The molecule has 2 amide bonds. The summed E-state index contributed by atoms with van der Waals surface area (Å²) >= 11 is 0. The zero-order valence-corrected chi connectivity index (χ0v) is 15.0. The quantitative estimate of drug-likeness (QED) is 0.815. The van der Waals surface area contributed by atoms with Crippen molar-refractivity contribution in [2.24, 2.45) is 5.92 Å². The minimum Gasteiger partial charge on any atom is -0.497 e. The van der Waals surface area contributed by atoms with E-state index in [9.17, 15) is 9.59 Å². The number of nitrogens with zero attached hydrogens (tertiary/aromatic N) is 2. The minimum atomic E-state index is -0.489. The van der Waals surface area contributed by atoms with E-state index in [0.29, 0.717) is 45.7 Å². The molecule has 3 saturated heterocycles. The van der Waals surface area contributed by atoms with Gasteiger partial charge in [-0.2, -0.15) is 0 Å². The highest BCUT2D eigenvalue weighted by atomic mass is 16.7. The number of ether oxygens (including phenoxy) is 3. The Morgan fingerprint density at radius 1 is 1.15 bits per heavy atom. The van der Waals surface area contributed by atoms with Gasteiger partial charge in [-0.1, -0.05) is 0 Å². The summed E-state index contributed by atoms with van der Waals surface area (Å²) < 4.78 is 16.6. The van der Waals surface area contributed by atoms with Crippen molar-refractivity contribution in [3.05, 3.63) is 24.3 Å². The lowest BCUT2D eigenvalue weighted by Gasteiger charge is -2.38. The number of rotatable bonds is 3. The Hall–Kier alpha value is -2.12. The van der Waals surface area contributed by atoms with E-state index in [1.54, 1.807) is 12.0 Å². The van der Waals surface area contributed by atoms with Crippen molar-refractivity contribution < 1.29 is 23.8 Å². The Morgan fingerprint density at radius 3 is 2.42 bits per heavy atom. The van der Waals surface area contributed by atoms with Crippen LogP contribution < -0.4 is 9.64 Å². The van der Waals surface area contributed by atoms with Crippen LogP contribution in [0.15, 0.2) is 24.3 Å². The highest BCUT2D eigenvalue weighted by Crippen LogP contribution is 2.33. The molecule has 1 aromatic rings. The van der Waals surface area contributed by atoms with Crippen LogP contribution in [0, 0.1) is 5.92 Å². The van der Waals surface area contributed by atoms with Gasteiger partial charge >= 0.3 is 0 Å². The van der Waals surface area contributed by atoms with Gasteiger partial charge in [0.15, 0.2) is 5.79 Å². The molecule has 0 N–H and O–H groups in total. The fourth-order valence-electron chi connectivity index (χ4n) is 4.00. The number of methoxy groups -OCH3 is 1. The molecule has 140 valence electrons. The maximum absolute atomic E-state index is 12.9. The third kappa shape index (κ3) is 3.17. The van der Waals surface area contributed by atoms with E-state index in [1.807, 2.05) is 29.2 Å². The molecule has 0 radical (unpaired) electrons. The lowest BCUT2D eigenvalue weighted by molar-refractivity contribution is -0.188. The van der Waals surface area contributed by atoms with Crippen molar-refractivity contribution in [1.82, 2.24) is 4.90 Å². The van der Waals surface area contributed by atoms with Gasteiger partial charge in [-0.3, -0.25) is 9.59 Å². The monoisotopic (exact) mass is 360 g/mol. The summed E-state index contributed by atoms with van der Waals surface area (Å²) in [5.41, 5.74) is 0.802. The molecule has 7 nitrogen and oxygen atoms in total. The van der Waals surface area contributed by atoms with Gasteiger partial charge in [0.1, 0.15) is 5.75 Å². The zero-order valence-electron chi connectivity index (χ0n) is 15.0. The summed E-state index contributed by atoms with van der Waals surface area (Å²) in [6.07, 6.45) is 1.66. The van der Waals surface area contributed by atoms with Gasteiger partial charge in [0, 0.05) is 44.6 Å². The van der Waals surface area contributed by atoms with E-state index in [-0.39, 0.29) is 24.2 Å². The molecule has 7 heteroatoms. The standard InChI is InChI=1S/C19H24N2O5/c1-24-16-4-2-15(3-5-16)21-13-14(12-17(21)22)18(23)20-8-6-19(7-9-20)25-10-11-26-19/h2-5,14H,6-13H2,1H3/t14-/m1/s1. The fourth-order valence-corrected chi connectivity index (χ4v) is 4.00. The highest BCUT2D eigenvalue weighted by Gasteiger charge is 2.43. The van der Waals surface area contributed by atoms with Crippen molar-refractivity contribution in [2.75, 3.05) is 44.9 Å². The number of likely N-dealkylation sites (tertiary alicyclic amines) is 1. The van der Waals surface area contributed by atoms with Crippen LogP contribution in [0.3, 0.4) is 0 Å². The summed E-state index contributed by atoms with van der Waals surface area (Å²) in [6.45, 7) is 2.92. The predicted octanol–water partition coefficient (Wildman–Crippen LogP) is 1.41. The number of piperidine rings is 1. The van der Waals surface area contributed by atoms with Crippen molar-refractivity contribution in [3.63, 3.8) is 0 Å². The van der Waals surface area contributed by atoms with Crippen molar-refractivity contribution in [1.29, 1.82) is 0 Å². The molecule has 1 spiro atoms. The van der Waals surface area contributed by atoms with Gasteiger partial charge < -0.3 is 24.0 Å². The second kappa shape index (κ2) is 6.89. The maximum Gasteiger partial charge on any atom is 0.228 e. The van der Waals surface area contributed by atoms with Crippen LogP contribution in [0.5, 0.6) is 5.75 Å². The van der Waals surface area contributed by atoms with Gasteiger partial charge in [-0.05, 0) is 24.3 Å². The Labute approximate surface area is 152 Å². The van der Waals surface area contributed by atoms with Gasteiger partial charge in [-0.15, -0.1) is 0 Å². The van der Waals surface area contributed by atoms with Crippen molar-refractivity contribution >= 4 is 17.5 Å². The molecule has 3 heterocycles. The molecule has 0 unspecified atom stereocenters. The number of carbonyl (C=O) groups excluding carboxylic acids is 2. The summed E-state index contributed by atoms with van der Waals surface area (Å²) in [7, 11) is 1.61. The van der Waals surface area contributed by atoms with Gasteiger partial charge in [0.05, 0.1) is 26.2 Å². The first kappa shape index (κ1) is 17.3. The highest BCUT2D eigenvalue weighted by molar-refractivity contribution is 6.00. The third-order valence-corrected chi connectivity index (χ3v) is 5.51. The molecular weight excluding hydrogens is 336 g/mol. The molecule has 1 aromatic carbocycles. The molecule has 3 fully saturated rings. The van der Waals surface area contributed by atoms with E-state index in [1.165, 1.54) is 0 Å². The first-order valence-corrected chi connectivity index (χ1v) is 9.11. The Balaban J connectivity index is 1.38. The third-order valence-electron chi connectivity index (χ3n) is 5.51. The normalized spacial score (nSPS) is 25.1. The van der Waals surface area contributed by atoms with Crippen molar-refractivity contribution in [2.45, 2.75) is 25.0 Å². The first-order chi connectivity index (χ1) is 12.6. The molecule has 1 atom stereocenters. The molecular formula is C19H24N2O5. The van der Waals surface area contributed by atoms with Crippen LogP contribution in [-0.2, 0) is 19.1 Å². The zero-order chi connectivity index (χ0) is 18.1. The van der Waals surface area contributed by atoms with Crippen LogP contribution in [0.2, 0.25) is 0 Å². The lowest BCUT2D eigenvalue weighted by atomic mass is 10.0. The second-order valence-corrected chi connectivity index (χ2v) is 7.04. The Kier molecular flexibility index (Phi) is 4.58. The molecule has 3 aliphatic heterocycles. The van der Waals surface area contributed by atoms with E-state index in [0.717, 1.165) is 11.4 Å². The number of carbonyl (C=O) groups is 2. The lowest BCUT2D eigenvalue weighted by Crippen LogP contribution is -2.49. The summed E-state index contributed by atoms with van der Waals surface area (Å²) in [4.78, 5) is 28.8. The largest absolute Gasteiger partial charge is 0.497 e. The van der Waals surface area contributed by atoms with E-state index < -0.39 is 5.79 Å². The SMILES string of the molecule is COc1ccc(N2C[C@H](C(=O)N3CCC4(CC3)OCCO4)CC2=O)cc1. The Bertz CT molecular complexity index is 674. The van der Waals surface area contributed by atoms with Gasteiger partial charge in [0.2, 0.25) is 11.8 Å². The molecule has 3 aliphatic rings. The molecule has 0 saturated carbocycles. The number of benzene rings is 1. The first-order valence-electron chi connectivity index (χ1n) is 9.11. The molecule has 0 aromatic heterocycles. The van der Waals surface area contributed by atoms with E-state index in [4.69, 9.17) is 14.2 Å². The van der Waals surface area contributed by atoms with Crippen LogP contribution in [0.25, 0.3) is 0 Å². The van der Waals surface area contributed by atoms with E-state index >= 15 is 0 Å². The van der Waals surface area contributed by atoms with E-state index in [2.05, 4.69) is 0 Å². The van der Waals surface area contributed by atoms with Gasteiger partial charge in [-0.25, -0.2) is 0 Å². The number of amides is 2. The van der Waals surface area contributed by atoms with Crippen LogP contribution in [-0.4, -0.2) is 62.5 Å². The second-order valence-electron chi connectivity index (χ2n) is 7.04. The molecule has 26 heavy (non-hydrogen) atoms. The summed E-state index contributed by atoms with van der Waals surface area (Å²) in [5, 5.41) is 0. The van der Waals surface area contributed by atoms with Crippen LogP contribution in [0.4, 0.5) is 5.69 Å².